The van der Waals surface area contributed by atoms with Gasteiger partial charge in [0.15, 0.2) is 11.0 Å². The zero-order valence-corrected chi connectivity index (χ0v) is 11.4. The highest BCUT2D eigenvalue weighted by atomic mass is 31.1. The van der Waals surface area contributed by atoms with Gasteiger partial charge in [0.1, 0.15) is 5.75 Å². The number of para-hydroxylation sites is 1. The normalized spacial score (nSPS) is 11.6. The van der Waals surface area contributed by atoms with Crippen LogP contribution in [0.1, 0.15) is 13.8 Å². The summed E-state index contributed by atoms with van der Waals surface area (Å²) in [6.07, 6.45) is 0. The summed E-state index contributed by atoms with van der Waals surface area (Å²) in [6.45, 7) is 3.89. The lowest BCUT2D eigenvalue weighted by Gasteiger charge is -2.05. The molecule has 2 aromatic carbocycles. The first-order chi connectivity index (χ1) is 8.61. The van der Waals surface area contributed by atoms with Gasteiger partial charge in [0.05, 0.1) is 0 Å². The summed E-state index contributed by atoms with van der Waals surface area (Å²) in [5, 5.41) is 10.7. The van der Waals surface area contributed by atoms with Crippen molar-refractivity contribution in [1.82, 2.24) is 0 Å². The molecule has 92 valence electrons. The van der Waals surface area contributed by atoms with E-state index in [0.29, 0.717) is 0 Å². The third-order valence-corrected chi connectivity index (χ3v) is 4.61. The fourth-order valence-electron chi connectivity index (χ4n) is 1.87. The molecule has 0 aliphatic heterocycles. The van der Waals surface area contributed by atoms with Gasteiger partial charge in [-0.1, -0.05) is 34.9 Å². The van der Waals surface area contributed by atoms with Gasteiger partial charge in [-0.05, 0) is 32.0 Å². The second kappa shape index (κ2) is 5.32. The summed E-state index contributed by atoms with van der Waals surface area (Å²) in [6, 6.07) is 14.7. The first-order valence-corrected chi connectivity index (χ1v) is 7.28. The second-order valence-electron chi connectivity index (χ2n) is 4.45. The van der Waals surface area contributed by atoms with E-state index in [1.54, 1.807) is 12.1 Å². The summed E-state index contributed by atoms with van der Waals surface area (Å²) >= 11 is 0. The lowest BCUT2D eigenvalue weighted by molar-refractivity contribution is 0.477. The molecule has 1 N–H and O–H groups in total. The maximum absolute atomic E-state index is 12.3. The van der Waals surface area contributed by atoms with Crippen molar-refractivity contribution in [2.45, 2.75) is 19.5 Å². The Bertz CT molecular complexity index is 576. The molecule has 2 rings (SSSR count). The summed E-state index contributed by atoms with van der Waals surface area (Å²) in [5.41, 5.74) is 1.68. The molecule has 0 spiro atoms. The number of aromatic hydroxyl groups is 1. The van der Waals surface area contributed by atoms with Crippen LogP contribution in [0, 0.1) is 0 Å². The van der Waals surface area contributed by atoms with Crippen molar-refractivity contribution in [2.75, 3.05) is 0 Å². The minimum absolute atomic E-state index is 0.0898. The molecule has 3 heteroatoms. The van der Waals surface area contributed by atoms with Crippen molar-refractivity contribution in [1.29, 1.82) is 0 Å². The van der Waals surface area contributed by atoms with E-state index in [2.05, 4.69) is 0 Å². The van der Waals surface area contributed by atoms with Gasteiger partial charge in [-0.2, -0.15) is 0 Å². The highest BCUT2D eigenvalue weighted by molar-refractivity contribution is 7.54. The van der Waals surface area contributed by atoms with Gasteiger partial charge in [-0.25, -0.2) is 0 Å². The lowest BCUT2D eigenvalue weighted by Crippen LogP contribution is -2.06. The summed E-state index contributed by atoms with van der Waals surface area (Å²) in [5.74, 6) is 0.220. The molecule has 0 radical (unpaired) electrons. The van der Waals surface area contributed by atoms with Crippen LogP contribution in [0.2, 0.25) is 0 Å². The molecule has 0 aliphatic carbocycles. The zero-order valence-electron chi connectivity index (χ0n) is 10.5. The summed E-state index contributed by atoms with van der Waals surface area (Å²) < 4.78 is 12.3. The second-order valence-corrected chi connectivity index (χ2v) is 6.62. The Labute approximate surface area is 108 Å². The van der Waals surface area contributed by atoms with Crippen LogP contribution < -0.4 is 5.30 Å². The van der Waals surface area contributed by atoms with Crippen molar-refractivity contribution in [3.63, 3.8) is 0 Å². The fraction of sp³-hybridized carbons (Fsp3) is 0.200. The standard InChI is InChI=1S/C15H15O2P/c1-11(2)18(17)15-10-6-4-8-13(15)12-7-3-5-9-14(12)16/h3-11H,1-2H3/p+1. The smallest absolute Gasteiger partial charge is 0.380 e. The molecule has 0 fully saturated rings. The molecule has 0 saturated carbocycles. The Morgan fingerprint density at radius 3 is 2.11 bits per heavy atom. The summed E-state index contributed by atoms with van der Waals surface area (Å²) in [7, 11) is -1.45. The van der Waals surface area contributed by atoms with Gasteiger partial charge in [-0.3, -0.25) is 0 Å². The molecular weight excluding hydrogens is 243 g/mol. The minimum atomic E-state index is -1.45. The fourth-order valence-corrected chi connectivity index (χ4v) is 3.09. The quantitative estimate of drug-likeness (QED) is 0.848. The Morgan fingerprint density at radius 2 is 1.50 bits per heavy atom. The Hall–Kier alpha value is -1.66. The van der Waals surface area contributed by atoms with E-state index >= 15 is 0 Å². The van der Waals surface area contributed by atoms with E-state index < -0.39 is 7.80 Å². The molecule has 0 saturated heterocycles. The van der Waals surface area contributed by atoms with E-state index in [0.717, 1.165) is 16.4 Å². The average molecular weight is 259 g/mol. The van der Waals surface area contributed by atoms with E-state index in [-0.39, 0.29) is 11.4 Å². The molecule has 18 heavy (non-hydrogen) atoms. The molecule has 1 atom stereocenters. The van der Waals surface area contributed by atoms with Crippen LogP contribution in [0.25, 0.3) is 11.1 Å². The van der Waals surface area contributed by atoms with Crippen molar-refractivity contribution in [2.24, 2.45) is 0 Å². The van der Waals surface area contributed by atoms with Crippen LogP contribution in [0.3, 0.4) is 0 Å². The van der Waals surface area contributed by atoms with Crippen LogP contribution in [-0.4, -0.2) is 10.8 Å². The highest BCUT2D eigenvalue weighted by Gasteiger charge is 2.28. The minimum Gasteiger partial charge on any atom is -0.507 e. The van der Waals surface area contributed by atoms with Crippen LogP contribution >= 0.6 is 7.80 Å². The van der Waals surface area contributed by atoms with Crippen molar-refractivity contribution < 1.29 is 9.67 Å². The van der Waals surface area contributed by atoms with Crippen LogP contribution in [-0.2, 0) is 4.57 Å². The maximum atomic E-state index is 12.3. The molecule has 0 bridgehead atoms. The Morgan fingerprint density at radius 1 is 0.944 bits per heavy atom. The Balaban J connectivity index is 2.59. The van der Waals surface area contributed by atoms with Gasteiger partial charge in [-0.15, -0.1) is 0 Å². The topological polar surface area (TPSA) is 37.3 Å². The molecule has 2 aromatic rings. The van der Waals surface area contributed by atoms with Crippen LogP contribution in [0.5, 0.6) is 5.75 Å². The first-order valence-electron chi connectivity index (χ1n) is 5.95. The third-order valence-electron chi connectivity index (χ3n) is 2.80. The number of phenols is 1. The van der Waals surface area contributed by atoms with E-state index in [1.165, 1.54) is 0 Å². The van der Waals surface area contributed by atoms with E-state index in [1.807, 2.05) is 50.2 Å². The van der Waals surface area contributed by atoms with Gasteiger partial charge in [0, 0.05) is 11.1 Å². The lowest BCUT2D eigenvalue weighted by atomic mass is 10.0. The van der Waals surface area contributed by atoms with Gasteiger partial charge in [0.25, 0.3) is 0 Å². The number of phenolic OH excluding ortho intramolecular Hbond substituents is 1. The molecule has 0 amide bonds. The molecule has 0 aliphatic rings. The zero-order chi connectivity index (χ0) is 13.1. The van der Waals surface area contributed by atoms with Crippen molar-refractivity contribution in [3.8, 4) is 16.9 Å². The largest absolute Gasteiger partial charge is 0.507 e. The van der Waals surface area contributed by atoms with Crippen molar-refractivity contribution in [3.05, 3.63) is 48.5 Å². The van der Waals surface area contributed by atoms with E-state index in [4.69, 9.17) is 0 Å². The molecule has 0 aromatic heterocycles. The molecule has 2 nitrogen and oxygen atoms in total. The SMILES string of the molecule is CC(C)[P+](=O)c1ccccc1-c1ccccc1O. The van der Waals surface area contributed by atoms with Crippen molar-refractivity contribution >= 4 is 13.1 Å². The van der Waals surface area contributed by atoms with Crippen LogP contribution in [0.15, 0.2) is 48.5 Å². The predicted octanol–water partition coefficient (Wildman–Crippen LogP) is 3.92. The molecular formula is C15H16O2P+. The third kappa shape index (κ3) is 2.44. The number of hydrogen-bond donors (Lipinski definition) is 1. The van der Waals surface area contributed by atoms with Gasteiger partial charge < -0.3 is 5.11 Å². The first kappa shape index (κ1) is 12.8. The molecule has 0 heterocycles. The summed E-state index contributed by atoms with van der Waals surface area (Å²) in [4.78, 5) is 0. The van der Waals surface area contributed by atoms with E-state index in [9.17, 15) is 9.67 Å². The number of benzene rings is 2. The number of rotatable bonds is 3. The van der Waals surface area contributed by atoms with Crippen LogP contribution in [0.4, 0.5) is 0 Å². The predicted molar refractivity (Wildman–Crippen MR) is 75.9 cm³/mol. The highest BCUT2D eigenvalue weighted by Crippen LogP contribution is 2.35. The van der Waals surface area contributed by atoms with Gasteiger partial charge in [0.2, 0.25) is 0 Å². The molecule has 1 unspecified atom stereocenters. The maximum Gasteiger partial charge on any atom is 0.380 e. The van der Waals surface area contributed by atoms with Gasteiger partial charge >= 0.3 is 7.80 Å². The average Bonchev–Trinajstić information content (AvgIpc) is 2.38. The number of hydrogen-bond acceptors (Lipinski definition) is 2. The Kier molecular flexibility index (Phi) is 3.78. The monoisotopic (exact) mass is 259 g/mol.